The third-order valence-electron chi connectivity index (χ3n) is 3.76. The molecule has 0 amide bonds. The quantitative estimate of drug-likeness (QED) is 0.343. The Bertz CT molecular complexity index is 605. The number of carbonyl (C=O) groups is 2. The molecule has 3 atom stereocenters. The summed E-state index contributed by atoms with van der Waals surface area (Å²) in [5.74, 6) is -1.21. The normalized spacial score (nSPS) is 14.2. The van der Waals surface area contributed by atoms with Crippen LogP contribution in [0.15, 0.2) is 18.2 Å². The first-order valence-electron chi connectivity index (χ1n) is 8.54. The van der Waals surface area contributed by atoms with Crippen molar-refractivity contribution < 1.29 is 34.0 Å². The van der Waals surface area contributed by atoms with E-state index >= 15 is 0 Å². The van der Waals surface area contributed by atoms with E-state index in [1.165, 1.54) is 12.1 Å². The van der Waals surface area contributed by atoms with Crippen molar-refractivity contribution in [3.63, 3.8) is 0 Å². The third-order valence-corrected chi connectivity index (χ3v) is 3.76. The van der Waals surface area contributed by atoms with Gasteiger partial charge in [0.1, 0.15) is 18.2 Å². The first-order valence-corrected chi connectivity index (χ1v) is 8.54. The molecular formula is C18H27NO7. The van der Waals surface area contributed by atoms with E-state index in [0.717, 1.165) is 12.8 Å². The van der Waals surface area contributed by atoms with Crippen LogP contribution >= 0.6 is 0 Å². The SMILES string of the molecule is CCCCOC(=O)OC(C)[C@@H](C)OC(=O)[C@@H](N)Cc1ccc(O)c(O)c1. The summed E-state index contributed by atoms with van der Waals surface area (Å²) in [6.07, 6.45) is -0.451. The van der Waals surface area contributed by atoms with Crippen molar-refractivity contribution in [2.75, 3.05) is 6.61 Å². The van der Waals surface area contributed by atoms with Gasteiger partial charge in [-0.2, -0.15) is 0 Å². The number of esters is 1. The second kappa shape index (κ2) is 10.5. The number of phenolic OH excluding ortho intramolecular Hbond substituents is 2. The summed E-state index contributed by atoms with van der Waals surface area (Å²) in [7, 11) is 0. The van der Waals surface area contributed by atoms with Crippen LogP contribution in [0.5, 0.6) is 11.5 Å². The Morgan fingerprint density at radius 2 is 1.77 bits per heavy atom. The highest BCUT2D eigenvalue weighted by molar-refractivity contribution is 5.76. The number of hydrogen-bond acceptors (Lipinski definition) is 8. The summed E-state index contributed by atoms with van der Waals surface area (Å²) in [4.78, 5) is 23.6. The Morgan fingerprint density at radius 1 is 1.12 bits per heavy atom. The minimum Gasteiger partial charge on any atom is -0.504 e. The molecule has 8 heteroatoms. The number of unbranched alkanes of at least 4 members (excludes halogenated alkanes) is 1. The van der Waals surface area contributed by atoms with Gasteiger partial charge in [0.05, 0.1) is 6.61 Å². The van der Waals surface area contributed by atoms with Crippen LogP contribution in [0, 0.1) is 0 Å². The third kappa shape index (κ3) is 7.18. The predicted octanol–water partition coefficient (Wildman–Crippen LogP) is 2.24. The molecule has 4 N–H and O–H groups in total. The van der Waals surface area contributed by atoms with Gasteiger partial charge in [-0.15, -0.1) is 0 Å². The maximum Gasteiger partial charge on any atom is 0.508 e. The molecule has 0 fully saturated rings. The van der Waals surface area contributed by atoms with E-state index in [1.54, 1.807) is 19.9 Å². The maximum absolute atomic E-state index is 12.1. The highest BCUT2D eigenvalue weighted by Crippen LogP contribution is 2.25. The molecule has 0 aromatic heterocycles. The van der Waals surface area contributed by atoms with Gasteiger partial charge in [0.15, 0.2) is 11.5 Å². The van der Waals surface area contributed by atoms with Crippen LogP contribution in [0.3, 0.4) is 0 Å². The number of nitrogens with two attached hydrogens (primary N) is 1. The lowest BCUT2D eigenvalue weighted by molar-refractivity contribution is -0.155. The van der Waals surface area contributed by atoms with Crippen molar-refractivity contribution in [2.24, 2.45) is 5.73 Å². The van der Waals surface area contributed by atoms with Gasteiger partial charge >= 0.3 is 12.1 Å². The average molecular weight is 369 g/mol. The van der Waals surface area contributed by atoms with E-state index in [-0.39, 0.29) is 24.5 Å². The van der Waals surface area contributed by atoms with Crippen LogP contribution in [-0.4, -0.2) is 47.2 Å². The van der Waals surface area contributed by atoms with Gasteiger partial charge in [-0.25, -0.2) is 4.79 Å². The van der Waals surface area contributed by atoms with Crippen molar-refractivity contribution in [1.82, 2.24) is 0 Å². The molecule has 0 saturated heterocycles. The Labute approximate surface area is 152 Å². The van der Waals surface area contributed by atoms with Gasteiger partial charge in [0.2, 0.25) is 0 Å². The molecule has 1 unspecified atom stereocenters. The van der Waals surface area contributed by atoms with E-state index < -0.39 is 30.4 Å². The molecule has 1 rings (SSSR count). The van der Waals surface area contributed by atoms with Crippen molar-refractivity contribution in [1.29, 1.82) is 0 Å². The minimum absolute atomic E-state index is 0.119. The van der Waals surface area contributed by atoms with Crippen LogP contribution in [-0.2, 0) is 25.4 Å². The zero-order valence-electron chi connectivity index (χ0n) is 15.3. The lowest BCUT2D eigenvalue weighted by Crippen LogP contribution is -2.39. The highest BCUT2D eigenvalue weighted by Gasteiger charge is 2.24. The molecule has 0 aliphatic carbocycles. The molecule has 26 heavy (non-hydrogen) atoms. The Balaban J connectivity index is 2.46. The Kier molecular flexibility index (Phi) is 8.71. The summed E-state index contributed by atoms with van der Waals surface area (Å²) in [5, 5.41) is 18.7. The minimum atomic E-state index is -0.968. The number of benzene rings is 1. The molecule has 0 radical (unpaired) electrons. The monoisotopic (exact) mass is 369 g/mol. The number of phenols is 2. The first kappa shape index (κ1) is 21.6. The lowest BCUT2D eigenvalue weighted by Gasteiger charge is -2.22. The van der Waals surface area contributed by atoms with Gasteiger partial charge in [-0.05, 0) is 44.4 Å². The topological polar surface area (TPSA) is 128 Å². The Hall–Kier alpha value is -2.48. The second-order valence-corrected chi connectivity index (χ2v) is 6.05. The van der Waals surface area contributed by atoms with Gasteiger partial charge in [0, 0.05) is 0 Å². The average Bonchev–Trinajstić information content (AvgIpc) is 2.58. The smallest absolute Gasteiger partial charge is 0.504 e. The molecule has 0 spiro atoms. The number of hydrogen-bond donors (Lipinski definition) is 3. The van der Waals surface area contributed by atoms with Gasteiger partial charge in [0.25, 0.3) is 0 Å². The highest BCUT2D eigenvalue weighted by atomic mass is 16.7. The fourth-order valence-corrected chi connectivity index (χ4v) is 1.98. The molecule has 0 aliphatic heterocycles. The van der Waals surface area contributed by atoms with Gasteiger partial charge in [-0.1, -0.05) is 19.4 Å². The zero-order valence-corrected chi connectivity index (χ0v) is 15.3. The van der Waals surface area contributed by atoms with Crippen LogP contribution < -0.4 is 5.73 Å². The van der Waals surface area contributed by atoms with Crippen molar-refractivity contribution in [3.8, 4) is 11.5 Å². The van der Waals surface area contributed by atoms with Gasteiger partial charge < -0.3 is 30.2 Å². The maximum atomic E-state index is 12.1. The molecule has 0 bridgehead atoms. The van der Waals surface area contributed by atoms with Crippen molar-refractivity contribution in [3.05, 3.63) is 23.8 Å². The van der Waals surface area contributed by atoms with Crippen LogP contribution in [0.4, 0.5) is 4.79 Å². The van der Waals surface area contributed by atoms with Crippen molar-refractivity contribution in [2.45, 2.75) is 58.3 Å². The van der Waals surface area contributed by atoms with Gasteiger partial charge in [-0.3, -0.25) is 4.79 Å². The van der Waals surface area contributed by atoms with Crippen molar-refractivity contribution >= 4 is 12.1 Å². The zero-order chi connectivity index (χ0) is 19.7. The van der Waals surface area contributed by atoms with E-state index in [2.05, 4.69) is 0 Å². The number of aromatic hydroxyl groups is 2. The summed E-state index contributed by atoms with van der Waals surface area (Å²) < 4.78 is 15.1. The summed E-state index contributed by atoms with van der Waals surface area (Å²) in [5.41, 5.74) is 6.39. The van der Waals surface area contributed by atoms with Crippen LogP contribution in [0.2, 0.25) is 0 Å². The first-order chi connectivity index (χ1) is 12.2. The molecule has 0 aliphatic rings. The molecule has 0 heterocycles. The second-order valence-electron chi connectivity index (χ2n) is 6.05. The molecule has 1 aromatic rings. The number of carbonyl (C=O) groups excluding carboxylic acids is 2. The summed E-state index contributed by atoms with van der Waals surface area (Å²) in [6, 6.07) is 3.21. The van der Waals surface area contributed by atoms with Crippen LogP contribution in [0.25, 0.3) is 0 Å². The summed E-state index contributed by atoms with van der Waals surface area (Å²) in [6.45, 7) is 5.42. The van der Waals surface area contributed by atoms with E-state index in [1.807, 2.05) is 6.92 Å². The molecule has 1 aromatic carbocycles. The molecule has 146 valence electrons. The fraction of sp³-hybridized carbons (Fsp3) is 0.556. The molecular weight excluding hydrogens is 342 g/mol. The number of rotatable bonds is 9. The fourth-order valence-electron chi connectivity index (χ4n) is 1.98. The predicted molar refractivity (Wildman–Crippen MR) is 93.8 cm³/mol. The lowest BCUT2D eigenvalue weighted by atomic mass is 10.1. The largest absolute Gasteiger partial charge is 0.508 e. The van der Waals surface area contributed by atoms with E-state index in [0.29, 0.717) is 5.56 Å². The van der Waals surface area contributed by atoms with E-state index in [4.69, 9.17) is 19.9 Å². The standard InChI is InChI=1S/C18H27NO7/c1-4-5-8-24-18(23)26-12(3)11(2)25-17(22)14(19)9-13-6-7-15(20)16(21)10-13/h6-7,10-12,14,20-21H,4-5,8-9,19H2,1-3H3/t11-,12?,14+/m1/s1. The summed E-state index contributed by atoms with van der Waals surface area (Å²) >= 11 is 0. The van der Waals surface area contributed by atoms with Crippen LogP contribution in [0.1, 0.15) is 39.2 Å². The molecule has 0 saturated carbocycles. The van der Waals surface area contributed by atoms with E-state index in [9.17, 15) is 19.8 Å². The Morgan fingerprint density at radius 3 is 2.38 bits per heavy atom. The molecule has 8 nitrogen and oxygen atoms in total. The number of ether oxygens (including phenoxy) is 3.